The highest BCUT2D eigenvalue weighted by molar-refractivity contribution is 6.07. The van der Waals surface area contributed by atoms with Crippen LogP contribution in [0.25, 0.3) is 6.08 Å². The average molecular weight is 432 g/mol. The Morgan fingerprint density at radius 3 is 2.48 bits per heavy atom. The number of ketones is 1. The summed E-state index contributed by atoms with van der Waals surface area (Å²) in [5, 5.41) is 11.3. The Kier molecular flexibility index (Phi) is 6.58. The lowest BCUT2D eigenvalue weighted by molar-refractivity contribution is -0.385. The van der Waals surface area contributed by atoms with Gasteiger partial charge in [-0.2, -0.15) is 8.78 Å². The molecule has 162 valence electrons. The number of rotatable bonds is 8. The van der Waals surface area contributed by atoms with Gasteiger partial charge in [-0.25, -0.2) is 0 Å². The number of methoxy groups -OCH3 is 1. The largest absolute Gasteiger partial charge is 0.493 e. The number of hydrogen-bond donors (Lipinski definition) is 0. The summed E-state index contributed by atoms with van der Waals surface area (Å²) in [5.74, 6) is -1.03. The lowest BCUT2D eigenvalue weighted by atomic mass is 10.1. The van der Waals surface area contributed by atoms with Crippen LogP contribution < -0.4 is 14.4 Å². The Hall–Kier alpha value is -3.82. The molecule has 1 amide bonds. The number of hydrogen-bond acceptors (Lipinski definition) is 6. The summed E-state index contributed by atoms with van der Waals surface area (Å²) >= 11 is 0. The molecule has 1 fully saturated rings. The zero-order chi connectivity index (χ0) is 22.5. The lowest BCUT2D eigenvalue weighted by Crippen LogP contribution is -2.23. The third kappa shape index (κ3) is 5.03. The van der Waals surface area contributed by atoms with Crippen LogP contribution in [0.3, 0.4) is 0 Å². The van der Waals surface area contributed by atoms with Crippen molar-refractivity contribution in [2.75, 3.05) is 18.6 Å². The number of allylic oxidation sites excluding steroid dienone is 1. The molecule has 0 unspecified atom stereocenters. The molecule has 0 radical (unpaired) electrons. The van der Waals surface area contributed by atoms with Gasteiger partial charge in [0.15, 0.2) is 17.3 Å². The molecule has 0 aliphatic carbocycles. The second-order valence-corrected chi connectivity index (χ2v) is 6.59. The number of amides is 1. The van der Waals surface area contributed by atoms with Gasteiger partial charge in [0.2, 0.25) is 5.91 Å². The van der Waals surface area contributed by atoms with Crippen LogP contribution in [0.1, 0.15) is 28.8 Å². The Morgan fingerprint density at radius 2 is 1.94 bits per heavy atom. The number of benzene rings is 2. The number of carbonyl (C=O) groups is 2. The van der Waals surface area contributed by atoms with E-state index in [0.29, 0.717) is 24.2 Å². The fourth-order valence-corrected chi connectivity index (χ4v) is 3.19. The highest BCUT2D eigenvalue weighted by Crippen LogP contribution is 2.36. The summed E-state index contributed by atoms with van der Waals surface area (Å²) in [6.07, 6.45) is 3.61. The van der Waals surface area contributed by atoms with Crippen molar-refractivity contribution >= 4 is 29.1 Å². The van der Waals surface area contributed by atoms with E-state index in [4.69, 9.17) is 4.74 Å². The molecule has 2 aromatic carbocycles. The number of nitro groups is 1. The van der Waals surface area contributed by atoms with Crippen LogP contribution in [0.2, 0.25) is 0 Å². The van der Waals surface area contributed by atoms with Crippen molar-refractivity contribution in [2.24, 2.45) is 0 Å². The van der Waals surface area contributed by atoms with Gasteiger partial charge in [0.05, 0.1) is 23.7 Å². The molecule has 10 heteroatoms. The van der Waals surface area contributed by atoms with Gasteiger partial charge in [-0.05, 0) is 48.9 Å². The molecule has 1 aliphatic rings. The molecular formula is C21H18F2N2O6. The summed E-state index contributed by atoms with van der Waals surface area (Å²) in [6, 6.07) is 8.39. The first-order valence-corrected chi connectivity index (χ1v) is 9.24. The first-order chi connectivity index (χ1) is 14.8. The zero-order valence-corrected chi connectivity index (χ0v) is 16.4. The Bertz CT molecular complexity index is 1040. The molecule has 0 spiro atoms. The van der Waals surface area contributed by atoms with Crippen molar-refractivity contribution in [1.82, 2.24) is 0 Å². The van der Waals surface area contributed by atoms with Crippen molar-refractivity contribution in [3.63, 3.8) is 0 Å². The van der Waals surface area contributed by atoms with Crippen molar-refractivity contribution < 1.29 is 32.8 Å². The SMILES string of the molecule is COc1cc(/C=C/C(=O)c2ccc(N3CCCC3=O)cc2)c([N+](=O)[O-])cc1OC(F)F. The van der Waals surface area contributed by atoms with Crippen LogP contribution in [-0.2, 0) is 4.79 Å². The zero-order valence-electron chi connectivity index (χ0n) is 16.4. The molecule has 1 aliphatic heterocycles. The molecule has 1 saturated heterocycles. The number of alkyl halides is 2. The first kappa shape index (κ1) is 21.9. The van der Waals surface area contributed by atoms with E-state index in [9.17, 15) is 28.5 Å². The Labute approximate surface area is 175 Å². The molecule has 2 aromatic rings. The van der Waals surface area contributed by atoms with Gasteiger partial charge in [0.1, 0.15) is 0 Å². The molecule has 0 saturated carbocycles. The normalized spacial score (nSPS) is 13.8. The van der Waals surface area contributed by atoms with Gasteiger partial charge in [-0.1, -0.05) is 0 Å². The molecule has 1 heterocycles. The maximum atomic E-state index is 12.5. The number of anilines is 1. The Balaban J connectivity index is 1.83. The van der Waals surface area contributed by atoms with E-state index < -0.39 is 28.8 Å². The molecule has 0 N–H and O–H groups in total. The third-order valence-corrected chi connectivity index (χ3v) is 4.68. The molecule has 31 heavy (non-hydrogen) atoms. The predicted molar refractivity (Wildman–Crippen MR) is 108 cm³/mol. The average Bonchev–Trinajstić information content (AvgIpc) is 3.17. The molecule has 0 aromatic heterocycles. The van der Waals surface area contributed by atoms with Crippen LogP contribution in [0.5, 0.6) is 11.5 Å². The van der Waals surface area contributed by atoms with E-state index in [1.807, 2.05) is 0 Å². The quantitative estimate of drug-likeness (QED) is 0.268. The van der Waals surface area contributed by atoms with Gasteiger partial charge in [0, 0.05) is 24.2 Å². The molecule has 8 nitrogen and oxygen atoms in total. The van der Waals surface area contributed by atoms with Crippen molar-refractivity contribution in [3.8, 4) is 11.5 Å². The van der Waals surface area contributed by atoms with Gasteiger partial charge in [0.25, 0.3) is 5.69 Å². The summed E-state index contributed by atoms with van der Waals surface area (Å²) in [6.45, 7) is -2.56. The van der Waals surface area contributed by atoms with Crippen LogP contribution >= 0.6 is 0 Å². The Morgan fingerprint density at radius 1 is 1.23 bits per heavy atom. The van der Waals surface area contributed by atoms with Gasteiger partial charge < -0.3 is 14.4 Å². The second-order valence-electron chi connectivity index (χ2n) is 6.59. The fraction of sp³-hybridized carbons (Fsp3) is 0.238. The maximum Gasteiger partial charge on any atom is 0.387 e. The monoisotopic (exact) mass is 432 g/mol. The molecular weight excluding hydrogens is 414 g/mol. The van der Waals surface area contributed by atoms with Gasteiger partial charge in [-0.15, -0.1) is 0 Å². The minimum Gasteiger partial charge on any atom is -0.493 e. The number of halogens is 2. The van der Waals surface area contributed by atoms with E-state index >= 15 is 0 Å². The summed E-state index contributed by atoms with van der Waals surface area (Å²) < 4.78 is 34.3. The first-order valence-electron chi connectivity index (χ1n) is 9.24. The van der Waals surface area contributed by atoms with Crippen molar-refractivity contribution in [3.05, 3.63) is 63.7 Å². The molecule has 0 bridgehead atoms. The smallest absolute Gasteiger partial charge is 0.387 e. The van der Waals surface area contributed by atoms with E-state index in [0.717, 1.165) is 24.6 Å². The number of nitro benzene ring substituents is 1. The fourth-order valence-electron chi connectivity index (χ4n) is 3.19. The van der Waals surface area contributed by atoms with E-state index in [-0.39, 0.29) is 17.2 Å². The van der Waals surface area contributed by atoms with Crippen LogP contribution in [0.4, 0.5) is 20.2 Å². The van der Waals surface area contributed by atoms with Crippen molar-refractivity contribution in [1.29, 1.82) is 0 Å². The highest BCUT2D eigenvalue weighted by Gasteiger charge is 2.22. The second kappa shape index (κ2) is 9.33. The van der Waals surface area contributed by atoms with Crippen molar-refractivity contribution in [2.45, 2.75) is 19.5 Å². The highest BCUT2D eigenvalue weighted by atomic mass is 19.3. The summed E-state index contributed by atoms with van der Waals surface area (Å²) in [4.78, 5) is 36.5. The molecule has 0 atom stereocenters. The van der Waals surface area contributed by atoms with E-state index in [1.165, 1.54) is 13.2 Å². The maximum absolute atomic E-state index is 12.5. The van der Waals surface area contributed by atoms with E-state index in [1.54, 1.807) is 29.2 Å². The van der Waals surface area contributed by atoms with Gasteiger partial charge in [-0.3, -0.25) is 19.7 Å². The summed E-state index contributed by atoms with van der Waals surface area (Å²) in [5.41, 5.74) is 0.469. The summed E-state index contributed by atoms with van der Waals surface area (Å²) in [7, 11) is 1.20. The lowest BCUT2D eigenvalue weighted by Gasteiger charge is -2.15. The van der Waals surface area contributed by atoms with Crippen LogP contribution in [0, 0.1) is 10.1 Å². The molecule has 3 rings (SSSR count). The van der Waals surface area contributed by atoms with Crippen LogP contribution in [-0.4, -0.2) is 36.9 Å². The van der Waals surface area contributed by atoms with Crippen LogP contribution in [0.15, 0.2) is 42.5 Å². The topological polar surface area (TPSA) is 99.0 Å². The standard InChI is InChI=1S/C21H18F2N2O6/c1-30-18-11-14(16(25(28)29)12-19(18)31-21(22)23)6-9-17(26)13-4-7-15(8-5-13)24-10-2-3-20(24)27/h4-9,11-12,21H,2-3,10H2,1H3/b9-6+. The van der Waals surface area contributed by atoms with E-state index in [2.05, 4.69) is 4.74 Å². The number of carbonyl (C=O) groups excluding carboxylic acids is 2. The number of nitrogens with zero attached hydrogens (tertiary/aromatic N) is 2. The van der Waals surface area contributed by atoms with Gasteiger partial charge >= 0.3 is 6.61 Å². The third-order valence-electron chi connectivity index (χ3n) is 4.68. The predicted octanol–water partition coefficient (Wildman–Crippen LogP) is 4.23. The minimum atomic E-state index is -3.18. The minimum absolute atomic E-state index is 0.0175. The number of ether oxygens (including phenoxy) is 2.